The Morgan fingerprint density at radius 2 is 1.77 bits per heavy atom. The molecule has 1 aliphatic carbocycles. The fourth-order valence-electron chi connectivity index (χ4n) is 5.82. The number of halogens is 2. The zero-order chi connectivity index (χ0) is 28.7. The number of likely N-dealkylation sites (N-methyl/N-ethyl adjacent to an activating group) is 1. The largest absolute Gasteiger partial charge is 0.481 e. The number of benzene rings is 2. The third-order valence-electron chi connectivity index (χ3n) is 8.57. The molecule has 5 atom stereocenters. The molecule has 0 bridgehead atoms. The first-order valence-electron chi connectivity index (χ1n) is 13.3. The minimum atomic E-state index is -3.48. The van der Waals surface area contributed by atoms with Gasteiger partial charge in [0.25, 0.3) is 0 Å². The van der Waals surface area contributed by atoms with Crippen molar-refractivity contribution in [3.63, 3.8) is 0 Å². The van der Waals surface area contributed by atoms with Gasteiger partial charge in [0.2, 0.25) is 15.9 Å². The van der Waals surface area contributed by atoms with E-state index in [9.17, 15) is 23.1 Å². The van der Waals surface area contributed by atoms with Crippen molar-refractivity contribution < 1.29 is 23.1 Å². The third kappa shape index (κ3) is 5.85. The Morgan fingerprint density at radius 3 is 2.31 bits per heavy atom. The number of sulfonamides is 1. The van der Waals surface area contributed by atoms with Gasteiger partial charge >= 0.3 is 5.97 Å². The molecule has 39 heavy (non-hydrogen) atoms. The van der Waals surface area contributed by atoms with E-state index in [0.29, 0.717) is 29.3 Å². The number of hydrogen-bond donors (Lipinski definition) is 1. The molecule has 2 aromatic carbocycles. The summed E-state index contributed by atoms with van der Waals surface area (Å²) in [5, 5.41) is 10.8. The molecule has 2 aliphatic rings. The second-order valence-corrected chi connectivity index (χ2v) is 14.3. The molecule has 1 aliphatic heterocycles. The zero-order valence-electron chi connectivity index (χ0n) is 22.7. The molecule has 212 valence electrons. The van der Waals surface area contributed by atoms with Gasteiger partial charge in [0.1, 0.15) is 0 Å². The van der Waals surface area contributed by atoms with Crippen LogP contribution in [0.1, 0.15) is 69.5 Å². The standard InChI is InChI=1S/C29H36Cl2N2O5S/c1-5-23(17-32(4)39(37,38)24-13-14-24)33-26(19-9-11-21(30)12-10-19)25(20-7-6-8-22(31)15-20)16-29(3,28(33)36)18(2)27(34)35/h6-12,15,18,23-26H,5,13-14,16-17H2,1-4H3,(H,34,35)/t18?,23-,25+,26+,29-/m0/s1. The van der Waals surface area contributed by atoms with E-state index in [4.69, 9.17) is 23.2 Å². The number of carboxylic acids is 1. The van der Waals surface area contributed by atoms with Crippen molar-refractivity contribution in [3.05, 3.63) is 69.7 Å². The zero-order valence-corrected chi connectivity index (χ0v) is 25.0. The van der Waals surface area contributed by atoms with Crippen LogP contribution in [0.3, 0.4) is 0 Å². The van der Waals surface area contributed by atoms with Crippen LogP contribution in [-0.4, -0.2) is 59.5 Å². The van der Waals surface area contributed by atoms with Gasteiger partial charge < -0.3 is 10.0 Å². The van der Waals surface area contributed by atoms with E-state index in [1.807, 2.05) is 37.3 Å². The summed E-state index contributed by atoms with van der Waals surface area (Å²) in [5.74, 6) is -2.61. The molecule has 1 amide bonds. The number of likely N-dealkylation sites (tertiary alicyclic amines) is 1. The summed E-state index contributed by atoms with van der Waals surface area (Å²) in [4.78, 5) is 28.5. The molecular formula is C29H36Cl2N2O5S. The van der Waals surface area contributed by atoms with Crippen LogP contribution in [0, 0.1) is 11.3 Å². The minimum absolute atomic E-state index is 0.116. The van der Waals surface area contributed by atoms with Gasteiger partial charge in [-0.3, -0.25) is 9.59 Å². The van der Waals surface area contributed by atoms with Crippen molar-refractivity contribution in [2.45, 2.75) is 69.7 Å². The number of nitrogens with zero attached hydrogens (tertiary/aromatic N) is 2. The van der Waals surface area contributed by atoms with Gasteiger partial charge in [-0.2, -0.15) is 0 Å². The Morgan fingerprint density at radius 1 is 1.13 bits per heavy atom. The number of amides is 1. The molecule has 1 saturated heterocycles. The summed E-state index contributed by atoms with van der Waals surface area (Å²) in [6.45, 7) is 5.33. The second-order valence-electron chi connectivity index (χ2n) is 11.1. The fourth-order valence-corrected chi connectivity index (χ4v) is 7.77. The summed E-state index contributed by atoms with van der Waals surface area (Å²) < 4.78 is 27.5. The SMILES string of the molecule is CC[C@@H](CN(C)S(=O)(=O)C1CC1)N1C(=O)[C@](C)(C(C)C(=O)O)C[C@H](c2cccc(Cl)c2)[C@H]1c1ccc(Cl)cc1. The maximum atomic E-state index is 14.5. The molecule has 0 aromatic heterocycles. The highest BCUT2D eigenvalue weighted by atomic mass is 35.5. The van der Waals surface area contributed by atoms with Crippen LogP contribution in [0.15, 0.2) is 48.5 Å². The van der Waals surface area contributed by atoms with Crippen LogP contribution in [0.25, 0.3) is 0 Å². The highest BCUT2D eigenvalue weighted by Gasteiger charge is 2.55. The highest BCUT2D eigenvalue weighted by Crippen LogP contribution is 2.53. The van der Waals surface area contributed by atoms with Crippen molar-refractivity contribution in [1.29, 1.82) is 0 Å². The summed E-state index contributed by atoms with van der Waals surface area (Å²) in [6, 6.07) is 13.8. The molecule has 2 fully saturated rings. The molecule has 2 aromatic rings. The molecular weight excluding hydrogens is 559 g/mol. The van der Waals surface area contributed by atoms with E-state index in [0.717, 1.165) is 11.1 Å². The molecule has 1 unspecified atom stereocenters. The van der Waals surface area contributed by atoms with E-state index in [2.05, 4.69) is 0 Å². The average Bonchev–Trinajstić information content (AvgIpc) is 3.75. The molecule has 10 heteroatoms. The predicted molar refractivity (Wildman–Crippen MR) is 153 cm³/mol. The van der Waals surface area contributed by atoms with Crippen molar-refractivity contribution in [2.75, 3.05) is 13.6 Å². The van der Waals surface area contributed by atoms with Crippen molar-refractivity contribution >= 4 is 45.1 Å². The van der Waals surface area contributed by atoms with Crippen molar-refractivity contribution in [3.8, 4) is 0 Å². The molecule has 1 N–H and O–H groups in total. The first kappa shape index (κ1) is 29.8. The second kappa shape index (κ2) is 11.4. The molecule has 7 nitrogen and oxygen atoms in total. The summed E-state index contributed by atoms with van der Waals surface area (Å²) in [5.41, 5.74) is 0.495. The Hall–Kier alpha value is -2.13. The van der Waals surface area contributed by atoms with Gasteiger partial charge in [-0.1, -0.05) is 61.3 Å². The molecule has 0 radical (unpaired) electrons. The van der Waals surface area contributed by atoms with Crippen LogP contribution in [0.4, 0.5) is 0 Å². The number of hydrogen-bond acceptors (Lipinski definition) is 4. The predicted octanol–water partition coefficient (Wildman–Crippen LogP) is 5.98. The first-order valence-corrected chi connectivity index (χ1v) is 15.6. The van der Waals surface area contributed by atoms with Crippen LogP contribution in [0.2, 0.25) is 10.0 Å². The van der Waals surface area contributed by atoms with Crippen LogP contribution in [0.5, 0.6) is 0 Å². The van der Waals surface area contributed by atoms with E-state index >= 15 is 0 Å². The monoisotopic (exact) mass is 594 g/mol. The number of rotatable bonds is 10. The smallest absolute Gasteiger partial charge is 0.307 e. The molecule has 4 rings (SSSR count). The number of piperidine rings is 1. The summed E-state index contributed by atoms with van der Waals surface area (Å²) in [6.07, 6.45) is 2.06. The Bertz CT molecular complexity index is 1330. The summed E-state index contributed by atoms with van der Waals surface area (Å²) >= 11 is 12.6. The minimum Gasteiger partial charge on any atom is -0.481 e. The number of aliphatic carboxylic acids is 1. The van der Waals surface area contributed by atoms with Crippen LogP contribution >= 0.6 is 23.2 Å². The van der Waals surface area contributed by atoms with E-state index < -0.39 is 39.4 Å². The lowest BCUT2D eigenvalue weighted by atomic mass is 9.63. The topological polar surface area (TPSA) is 95.0 Å². The van der Waals surface area contributed by atoms with Crippen molar-refractivity contribution in [1.82, 2.24) is 9.21 Å². The average molecular weight is 596 g/mol. The van der Waals surface area contributed by atoms with Crippen molar-refractivity contribution in [2.24, 2.45) is 11.3 Å². The van der Waals surface area contributed by atoms with E-state index in [1.54, 1.807) is 44.0 Å². The molecule has 1 saturated carbocycles. The first-order chi connectivity index (χ1) is 18.3. The highest BCUT2D eigenvalue weighted by molar-refractivity contribution is 7.90. The van der Waals surface area contributed by atoms with Gasteiger partial charge in [-0.25, -0.2) is 12.7 Å². The van der Waals surface area contributed by atoms with E-state index in [-0.39, 0.29) is 30.0 Å². The Balaban J connectivity index is 1.89. The van der Waals surface area contributed by atoms with Gasteiger partial charge in [-0.05, 0) is 68.0 Å². The van der Waals surface area contributed by atoms with E-state index in [1.165, 1.54) is 4.31 Å². The lowest BCUT2D eigenvalue weighted by Gasteiger charge is -2.53. The third-order valence-corrected chi connectivity index (χ3v) is 11.4. The van der Waals surface area contributed by atoms with Gasteiger partial charge in [0.15, 0.2) is 0 Å². The normalized spacial score (nSPS) is 25.5. The van der Waals surface area contributed by atoms with Gasteiger partial charge in [0.05, 0.1) is 22.6 Å². The maximum absolute atomic E-state index is 14.5. The van der Waals surface area contributed by atoms with Crippen LogP contribution < -0.4 is 0 Å². The van der Waals surface area contributed by atoms with Crippen LogP contribution in [-0.2, 0) is 19.6 Å². The van der Waals surface area contributed by atoms with Gasteiger partial charge in [0, 0.05) is 35.6 Å². The number of carbonyl (C=O) groups excluding carboxylic acids is 1. The lowest BCUT2D eigenvalue weighted by molar-refractivity contribution is -0.167. The maximum Gasteiger partial charge on any atom is 0.307 e. The lowest BCUT2D eigenvalue weighted by Crippen LogP contribution is -2.60. The Kier molecular flexibility index (Phi) is 8.72. The molecule has 0 spiro atoms. The van der Waals surface area contributed by atoms with Gasteiger partial charge in [-0.15, -0.1) is 0 Å². The number of carbonyl (C=O) groups is 2. The Labute approximate surface area is 241 Å². The molecule has 1 heterocycles. The fraction of sp³-hybridized carbons (Fsp3) is 0.517. The quantitative estimate of drug-likeness (QED) is 0.365. The number of carboxylic acid groups (broad SMARTS) is 1. The summed E-state index contributed by atoms with van der Waals surface area (Å²) in [7, 11) is -1.91.